The second kappa shape index (κ2) is 7.03. The highest BCUT2D eigenvalue weighted by Crippen LogP contribution is 2.33. The second-order valence-corrected chi connectivity index (χ2v) is 5.42. The van der Waals surface area contributed by atoms with Gasteiger partial charge in [-0.05, 0) is 51.0 Å². The number of rotatable bonds is 8. The maximum absolute atomic E-state index is 5.67. The first-order valence-electron chi connectivity index (χ1n) is 7.34. The summed E-state index contributed by atoms with van der Waals surface area (Å²) in [7, 11) is 0. The molecular weight excluding hydrogens is 240 g/mol. The normalized spacial score (nSPS) is 24.2. The van der Waals surface area contributed by atoms with Crippen molar-refractivity contribution in [1.82, 2.24) is 15.2 Å². The van der Waals surface area contributed by atoms with Gasteiger partial charge in [-0.2, -0.15) is 5.10 Å². The Hall–Kier alpha value is -0.910. The van der Waals surface area contributed by atoms with Crippen molar-refractivity contribution in [3.63, 3.8) is 0 Å². The average Bonchev–Trinajstić information content (AvgIpc) is 2.82. The van der Waals surface area contributed by atoms with Gasteiger partial charge < -0.3 is 4.74 Å². The van der Waals surface area contributed by atoms with Crippen LogP contribution in [0, 0.1) is 5.92 Å². The molecule has 0 radical (unpaired) electrons. The number of hydrogen-bond donors (Lipinski definition) is 2. The van der Waals surface area contributed by atoms with Crippen LogP contribution in [0.2, 0.25) is 0 Å². The Morgan fingerprint density at radius 3 is 2.89 bits per heavy atom. The van der Waals surface area contributed by atoms with Crippen molar-refractivity contribution in [1.29, 1.82) is 0 Å². The molecule has 108 valence electrons. The van der Waals surface area contributed by atoms with Gasteiger partial charge in [-0.1, -0.05) is 0 Å². The molecule has 19 heavy (non-hydrogen) atoms. The maximum Gasteiger partial charge on any atom is 0.0580 e. The quantitative estimate of drug-likeness (QED) is 0.552. The van der Waals surface area contributed by atoms with Crippen LogP contribution in [0.15, 0.2) is 12.4 Å². The standard InChI is InChI=1S/C14H26N4O/c1-3-18-10-12(9-16-18)6-13(17-15)5-11-7-14(8-11)19-4-2/h9-11,13-14,17H,3-8,15H2,1-2H3. The molecule has 0 saturated heterocycles. The maximum atomic E-state index is 5.67. The van der Waals surface area contributed by atoms with Gasteiger partial charge in [-0.3, -0.25) is 16.0 Å². The summed E-state index contributed by atoms with van der Waals surface area (Å²) in [6.45, 7) is 5.90. The highest BCUT2D eigenvalue weighted by molar-refractivity contribution is 5.06. The first kappa shape index (κ1) is 14.5. The number of aromatic nitrogens is 2. The molecule has 0 aromatic carbocycles. The Balaban J connectivity index is 1.75. The number of ether oxygens (including phenoxy) is 1. The topological polar surface area (TPSA) is 65.1 Å². The average molecular weight is 266 g/mol. The molecule has 1 saturated carbocycles. The zero-order chi connectivity index (χ0) is 13.7. The summed E-state index contributed by atoms with van der Waals surface area (Å²) in [5, 5.41) is 4.30. The van der Waals surface area contributed by atoms with Crippen LogP contribution in [0.25, 0.3) is 0 Å². The molecule has 1 aromatic rings. The van der Waals surface area contributed by atoms with Crippen molar-refractivity contribution in [2.45, 2.75) is 58.2 Å². The predicted molar refractivity (Wildman–Crippen MR) is 75.5 cm³/mol. The summed E-state index contributed by atoms with van der Waals surface area (Å²) in [5.74, 6) is 6.42. The van der Waals surface area contributed by atoms with Crippen LogP contribution in [-0.2, 0) is 17.7 Å². The van der Waals surface area contributed by atoms with Gasteiger partial charge in [-0.15, -0.1) is 0 Å². The van der Waals surface area contributed by atoms with Crippen LogP contribution in [0.4, 0.5) is 0 Å². The minimum absolute atomic E-state index is 0.335. The Labute approximate surface area is 115 Å². The van der Waals surface area contributed by atoms with Gasteiger partial charge in [0.05, 0.1) is 12.3 Å². The van der Waals surface area contributed by atoms with Crippen molar-refractivity contribution < 1.29 is 4.74 Å². The lowest BCUT2D eigenvalue weighted by Crippen LogP contribution is -2.42. The molecule has 5 heteroatoms. The minimum atomic E-state index is 0.335. The largest absolute Gasteiger partial charge is 0.378 e. The lowest BCUT2D eigenvalue weighted by molar-refractivity contribution is -0.0290. The van der Waals surface area contributed by atoms with E-state index in [0.29, 0.717) is 12.1 Å². The molecule has 0 spiro atoms. The fourth-order valence-corrected chi connectivity index (χ4v) is 2.82. The number of hydrazine groups is 1. The molecule has 1 aliphatic rings. The van der Waals surface area contributed by atoms with E-state index in [1.165, 1.54) is 18.4 Å². The number of nitrogens with zero attached hydrogens (tertiary/aromatic N) is 2. The van der Waals surface area contributed by atoms with Crippen LogP contribution in [0.5, 0.6) is 0 Å². The third kappa shape index (κ3) is 4.03. The van der Waals surface area contributed by atoms with Crippen molar-refractivity contribution in [2.24, 2.45) is 11.8 Å². The lowest BCUT2D eigenvalue weighted by atomic mass is 9.77. The van der Waals surface area contributed by atoms with Crippen molar-refractivity contribution >= 4 is 0 Å². The van der Waals surface area contributed by atoms with Gasteiger partial charge in [0.2, 0.25) is 0 Å². The highest BCUT2D eigenvalue weighted by Gasteiger charge is 2.31. The monoisotopic (exact) mass is 266 g/mol. The molecule has 1 aromatic heterocycles. The molecule has 3 N–H and O–H groups in total. The van der Waals surface area contributed by atoms with E-state index < -0.39 is 0 Å². The second-order valence-electron chi connectivity index (χ2n) is 5.42. The lowest BCUT2D eigenvalue weighted by Gasteiger charge is -2.36. The van der Waals surface area contributed by atoms with Gasteiger partial charge in [0.25, 0.3) is 0 Å². The summed E-state index contributed by atoms with van der Waals surface area (Å²) >= 11 is 0. The third-order valence-electron chi connectivity index (χ3n) is 3.94. The summed E-state index contributed by atoms with van der Waals surface area (Å²) in [5.41, 5.74) is 4.20. The molecule has 0 aliphatic heterocycles. The van der Waals surface area contributed by atoms with E-state index >= 15 is 0 Å². The molecule has 0 amide bonds. The van der Waals surface area contributed by atoms with Crippen LogP contribution in [0.3, 0.4) is 0 Å². The first-order chi connectivity index (χ1) is 9.25. The summed E-state index contributed by atoms with van der Waals surface area (Å²) in [6, 6.07) is 0.335. The predicted octanol–water partition coefficient (Wildman–Crippen LogP) is 1.48. The Bertz CT molecular complexity index is 373. The molecule has 0 bridgehead atoms. The van der Waals surface area contributed by atoms with Crippen LogP contribution >= 0.6 is 0 Å². The summed E-state index contributed by atoms with van der Waals surface area (Å²) < 4.78 is 7.55. The van der Waals surface area contributed by atoms with Crippen LogP contribution < -0.4 is 11.3 Å². The number of nitrogens with one attached hydrogen (secondary N) is 1. The van der Waals surface area contributed by atoms with E-state index in [9.17, 15) is 0 Å². The summed E-state index contributed by atoms with van der Waals surface area (Å²) in [4.78, 5) is 0. The number of aryl methyl sites for hydroxylation is 1. The van der Waals surface area contributed by atoms with E-state index in [2.05, 4.69) is 30.6 Å². The smallest absolute Gasteiger partial charge is 0.0580 e. The first-order valence-corrected chi connectivity index (χ1v) is 7.34. The molecule has 2 rings (SSSR count). The van der Waals surface area contributed by atoms with Crippen molar-refractivity contribution in [3.05, 3.63) is 18.0 Å². The Morgan fingerprint density at radius 2 is 2.32 bits per heavy atom. The van der Waals surface area contributed by atoms with Gasteiger partial charge >= 0.3 is 0 Å². The summed E-state index contributed by atoms with van der Waals surface area (Å²) in [6.07, 6.45) is 8.96. The van der Waals surface area contributed by atoms with Crippen LogP contribution in [0.1, 0.15) is 38.7 Å². The Kier molecular flexibility index (Phi) is 5.36. The number of nitrogens with two attached hydrogens (primary N) is 1. The van der Waals surface area contributed by atoms with Gasteiger partial charge in [-0.25, -0.2) is 0 Å². The fraction of sp³-hybridized carbons (Fsp3) is 0.786. The molecule has 1 aliphatic carbocycles. The van der Waals surface area contributed by atoms with Crippen molar-refractivity contribution in [3.8, 4) is 0 Å². The molecule has 1 atom stereocenters. The fourth-order valence-electron chi connectivity index (χ4n) is 2.82. The molecule has 1 unspecified atom stereocenters. The van der Waals surface area contributed by atoms with E-state index in [-0.39, 0.29) is 0 Å². The van der Waals surface area contributed by atoms with Crippen molar-refractivity contribution in [2.75, 3.05) is 6.61 Å². The van der Waals surface area contributed by atoms with Gasteiger partial charge in [0, 0.05) is 25.4 Å². The molecule has 1 heterocycles. The van der Waals surface area contributed by atoms with Crippen LogP contribution in [-0.4, -0.2) is 28.5 Å². The SMILES string of the molecule is CCOC1CC(CC(Cc2cnn(CC)c2)NN)C1. The van der Waals surface area contributed by atoms with E-state index in [4.69, 9.17) is 10.6 Å². The van der Waals surface area contributed by atoms with E-state index in [0.717, 1.165) is 31.9 Å². The van der Waals surface area contributed by atoms with E-state index in [1.54, 1.807) is 0 Å². The third-order valence-corrected chi connectivity index (χ3v) is 3.94. The van der Waals surface area contributed by atoms with Gasteiger partial charge in [0.15, 0.2) is 0 Å². The number of hydrogen-bond acceptors (Lipinski definition) is 4. The molecular formula is C14H26N4O. The Morgan fingerprint density at radius 1 is 1.53 bits per heavy atom. The zero-order valence-electron chi connectivity index (χ0n) is 12.0. The zero-order valence-corrected chi connectivity index (χ0v) is 12.0. The van der Waals surface area contributed by atoms with E-state index in [1.807, 2.05) is 10.9 Å². The molecule has 5 nitrogen and oxygen atoms in total. The highest BCUT2D eigenvalue weighted by atomic mass is 16.5. The molecule has 1 fully saturated rings. The van der Waals surface area contributed by atoms with Gasteiger partial charge in [0.1, 0.15) is 0 Å². The minimum Gasteiger partial charge on any atom is -0.378 e.